The van der Waals surface area contributed by atoms with Gasteiger partial charge in [0, 0.05) is 6.54 Å². The number of rotatable bonds is 5. The Morgan fingerprint density at radius 1 is 1.24 bits per heavy atom. The second-order valence-electron chi connectivity index (χ2n) is 7.35. The summed E-state index contributed by atoms with van der Waals surface area (Å²) in [4.78, 5) is 12.7. The van der Waals surface area contributed by atoms with Gasteiger partial charge in [-0.1, -0.05) is 37.1 Å². The summed E-state index contributed by atoms with van der Waals surface area (Å²) in [5.41, 5.74) is 0.823. The van der Waals surface area contributed by atoms with Crippen molar-refractivity contribution in [3.05, 3.63) is 41.5 Å². The van der Waals surface area contributed by atoms with Gasteiger partial charge in [-0.15, -0.1) is 0 Å². The van der Waals surface area contributed by atoms with Crippen LogP contribution in [0.2, 0.25) is 0 Å². The Balaban J connectivity index is 2.30. The van der Waals surface area contributed by atoms with E-state index in [-0.39, 0.29) is 11.4 Å². The second kappa shape index (κ2) is 7.30. The Kier molecular flexibility index (Phi) is 5.74. The summed E-state index contributed by atoms with van der Waals surface area (Å²) < 4.78 is 32.9. The number of esters is 1. The van der Waals surface area contributed by atoms with Gasteiger partial charge in [0.05, 0.1) is 16.5 Å². The van der Waals surface area contributed by atoms with Gasteiger partial charge >= 0.3 is 5.97 Å². The number of aryl methyl sites for hydroxylation is 1. The first kappa shape index (κ1) is 19.7. The van der Waals surface area contributed by atoms with Crippen molar-refractivity contribution in [1.82, 2.24) is 4.31 Å². The fourth-order valence-corrected chi connectivity index (χ4v) is 4.42. The van der Waals surface area contributed by atoms with Gasteiger partial charge in [-0.25, -0.2) is 13.2 Å². The fourth-order valence-electron chi connectivity index (χ4n) is 2.85. The molecule has 0 saturated carbocycles. The third-order valence-corrected chi connectivity index (χ3v) is 5.91. The van der Waals surface area contributed by atoms with Crippen molar-refractivity contribution >= 4 is 16.0 Å². The maximum Gasteiger partial charge on any atom is 0.335 e. The molecule has 1 aromatic carbocycles. The van der Waals surface area contributed by atoms with Crippen molar-refractivity contribution in [2.45, 2.75) is 64.0 Å². The van der Waals surface area contributed by atoms with E-state index in [0.717, 1.165) is 12.0 Å². The average molecular weight is 365 g/mol. The molecule has 0 fully saturated rings. The molecule has 0 bridgehead atoms. The van der Waals surface area contributed by atoms with Crippen LogP contribution in [0, 0.1) is 6.92 Å². The predicted molar refractivity (Wildman–Crippen MR) is 97.7 cm³/mol. The standard InChI is InChI=1S/C19H27NO4S/c1-6-7-17-16(18(21)24-19(3,4)5)12-13-20(17)25(22,23)15-10-8-14(2)9-11-15/h8-12,17H,6-7,13H2,1-5H3/t17-/m0/s1. The second-order valence-corrected chi connectivity index (χ2v) is 9.24. The molecule has 0 saturated heterocycles. The summed E-state index contributed by atoms with van der Waals surface area (Å²) in [7, 11) is -3.66. The molecule has 138 valence electrons. The highest BCUT2D eigenvalue weighted by Crippen LogP contribution is 2.31. The SMILES string of the molecule is CCC[C@H]1C(C(=O)OC(C)(C)C)=CCN1S(=O)(=O)c1ccc(C)cc1. The Morgan fingerprint density at radius 3 is 2.36 bits per heavy atom. The normalized spacial score (nSPS) is 18.9. The van der Waals surface area contributed by atoms with Gasteiger partial charge in [0.15, 0.2) is 0 Å². The van der Waals surface area contributed by atoms with Gasteiger partial charge in [0.1, 0.15) is 5.60 Å². The minimum Gasteiger partial charge on any atom is -0.457 e. The summed E-state index contributed by atoms with van der Waals surface area (Å²) in [6.07, 6.45) is 3.03. The maximum atomic E-state index is 13.0. The zero-order valence-electron chi connectivity index (χ0n) is 15.6. The molecule has 0 aromatic heterocycles. The van der Waals surface area contributed by atoms with Crippen LogP contribution in [0.15, 0.2) is 40.8 Å². The van der Waals surface area contributed by atoms with E-state index in [2.05, 4.69) is 0 Å². The Labute approximate surface area is 150 Å². The molecule has 2 rings (SSSR count). The number of carbonyl (C=O) groups is 1. The molecule has 5 nitrogen and oxygen atoms in total. The molecular formula is C19H27NO4S. The summed E-state index contributed by atoms with van der Waals surface area (Å²) in [6, 6.07) is 6.30. The first-order chi connectivity index (χ1) is 11.6. The van der Waals surface area contributed by atoms with E-state index in [4.69, 9.17) is 4.74 Å². The summed E-state index contributed by atoms with van der Waals surface area (Å²) in [6.45, 7) is 9.48. The van der Waals surface area contributed by atoms with Crippen molar-refractivity contribution in [3.8, 4) is 0 Å². The molecular weight excluding hydrogens is 338 g/mol. The number of hydrogen-bond acceptors (Lipinski definition) is 4. The molecule has 0 aliphatic carbocycles. The molecule has 1 aromatic rings. The first-order valence-corrected chi connectivity index (χ1v) is 10.0. The average Bonchev–Trinajstić information content (AvgIpc) is 2.91. The van der Waals surface area contributed by atoms with Crippen molar-refractivity contribution in [3.63, 3.8) is 0 Å². The first-order valence-electron chi connectivity index (χ1n) is 8.58. The highest BCUT2D eigenvalue weighted by molar-refractivity contribution is 7.89. The van der Waals surface area contributed by atoms with Crippen LogP contribution in [0.25, 0.3) is 0 Å². The van der Waals surface area contributed by atoms with Gasteiger partial charge in [-0.05, 0) is 46.2 Å². The molecule has 1 aliphatic heterocycles. The van der Waals surface area contributed by atoms with Gasteiger partial charge < -0.3 is 4.74 Å². The number of hydrogen-bond donors (Lipinski definition) is 0. The van der Waals surface area contributed by atoms with Gasteiger partial charge in [-0.3, -0.25) is 0 Å². The van der Waals surface area contributed by atoms with E-state index >= 15 is 0 Å². The fraction of sp³-hybridized carbons (Fsp3) is 0.526. The molecule has 1 atom stereocenters. The Morgan fingerprint density at radius 2 is 1.84 bits per heavy atom. The van der Waals surface area contributed by atoms with Gasteiger partial charge in [0.25, 0.3) is 0 Å². The topological polar surface area (TPSA) is 63.7 Å². The zero-order chi connectivity index (χ0) is 18.8. The van der Waals surface area contributed by atoms with Crippen LogP contribution in [0.5, 0.6) is 0 Å². The monoisotopic (exact) mass is 365 g/mol. The molecule has 0 unspecified atom stereocenters. The van der Waals surface area contributed by atoms with E-state index in [1.54, 1.807) is 51.1 Å². The molecule has 25 heavy (non-hydrogen) atoms. The largest absolute Gasteiger partial charge is 0.457 e. The lowest BCUT2D eigenvalue weighted by Crippen LogP contribution is -2.39. The molecule has 0 radical (unpaired) electrons. The van der Waals surface area contributed by atoms with Crippen molar-refractivity contribution < 1.29 is 17.9 Å². The van der Waals surface area contributed by atoms with E-state index in [1.165, 1.54) is 4.31 Å². The predicted octanol–water partition coefficient (Wildman–Crippen LogP) is 3.44. The van der Waals surface area contributed by atoms with Crippen LogP contribution in [-0.4, -0.2) is 36.9 Å². The number of nitrogens with zero attached hydrogens (tertiary/aromatic N) is 1. The van der Waals surface area contributed by atoms with Crippen LogP contribution >= 0.6 is 0 Å². The van der Waals surface area contributed by atoms with Crippen LogP contribution in [0.1, 0.15) is 46.1 Å². The van der Waals surface area contributed by atoms with E-state index in [9.17, 15) is 13.2 Å². The molecule has 1 aliphatic rings. The van der Waals surface area contributed by atoms with E-state index < -0.39 is 27.6 Å². The van der Waals surface area contributed by atoms with Crippen molar-refractivity contribution in [2.24, 2.45) is 0 Å². The summed E-state index contributed by atoms with van der Waals surface area (Å²) >= 11 is 0. The maximum absolute atomic E-state index is 13.0. The lowest BCUT2D eigenvalue weighted by molar-refractivity contribution is -0.150. The highest BCUT2D eigenvalue weighted by atomic mass is 32.2. The summed E-state index contributed by atoms with van der Waals surface area (Å²) in [5, 5.41) is 0. The number of sulfonamides is 1. The third kappa shape index (κ3) is 4.50. The number of benzene rings is 1. The minimum atomic E-state index is -3.66. The smallest absolute Gasteiger partial charge is 0.335 e. The van der Waals surface area contributed by atoms with Crippen LogP contribution in [0.4, 0.5) is 0 Å². The van der Waals surface area contributed by atoms with Crippen molar-refractivity contribution in [2.75, 3.05) is 6.54 Å². The molecule has 0 spiro atoms. The molecule has 0 N–H and O–H groups in total. The van der Waals surface area contributed by atoms with Crippen LogP contribution < -0.4 is 0 Å². The molecule has 6 heteroatoms. The molecule has 1 heterocycles. The quantitative estimate of drug-likeness (QED) is 0.750. The van der Waals surface area contributed by atoms with Gasteiger partial charge in [0.2, 0.25) is 10.0 Å². The van der Waals surface area contributed by atoms with E-state index in [0.29, 0.717) is 12.0 Å². The van der Waals surface area contributed by atoms with Crippen LogP contribution in [0.3, 0.4) is 0 Å². The Hall–Kier alpha value is -1.66. The highest BCUT2D eigenvalue weighted by Gasteiger charge is 2.40. The van der Waals surface area contributed by atoms with E-state index in [1.807, 2.05) is 13.8 Å². The third-order valence-electron chi connectivity index (χ3n) is 4.02. The minimum absolute atomic E-state index is 0.190. The lowest BCUT2D eigenvalue weighted by Gasteiger charge is -2.27. The van der Waals surface area contributed by atoms with Crippen molar-refractivity contribution in [1.29, 1.82) is 0 Å². The van der Waals surface area contributed by atoms with Gasteiger partial charge in [-0.2, -0.15) is 4.31 Å². The lowest BCUT2D eigenvalue weighted by atomic mass is 10.0. The number of carbonyl (C=O) groups excluding carboxylic acids is 1. The van der Waals surface area contributed by atoms with Crippen LogP contribution in [-0.2, 0) is 19.6 Å². The number of ether oxygens (including phenoxy) is 1. The zero-order valence-corrected chi connectivity index (χ0v) is 16.4. The molecule has 0 amide bonds. The Bertz CT molecular complexity index is 758. The summed E-state index contributed by atoms with van der Waals surface area (Å²) in [5.74, 6) is -0.437.